The monoisotopic (exact) mass is 285 g/mol. The summed E-state index contributed by atoms with van der Waals surface area (Å²) >= 11 is 0. The first-order valence-electron chi connectivity index (χ1n) is 7.19. The van der Waals surface area contributed by atoms with Gasteiger partial charge in [-0.1, -0.05) is 38.2 Å². The predicted molar refractivity (Wildman–Crippen MR) is 78.5 cm³/mol. The van der Waals surface area contributed by atoms with E-state index < -0.39 is 6.61 Å². The number of allylic oxidation sites excluding steroid dienone is 3. The third-order valence-corrected chi connectivity index (χ3v) is 3.64. The van der Waals surface area contributed by atoms with Gasteiger partial charge in [-0.3, -0.25) is 0 Å². The van der Waals surface area contributed by atoms with Crippen molar-refractivity contribution in [2.75, 3.05) is 0 Å². The lowest BCUT2D eigenvalue weighted by Gasteiger charge is -2.19. The summed E-state index contributed by atoms with van der Waals surface area (Å²) < 4.78 is 28.1. The largest absolute Gasteiger partial charge is 0.435 e. The Labute approximate surface area is 120 Å². The van der Waals surface area contributed by atoms with Crippen LogP contribution in [-0.2, 0) is 4.74 Å². The van der Waals surface area contributed by atoms with Gasteiger partial charge >= 0.3 is 6.61 Å². The van der Waals surface area contributed by atoms with E-state index in [1.54, 1.807) is 6.08 Å². The first-order valence-corrected chi connectivity index (χ1v) is 7.19. The number of hydrogen-bond acceptors (Lipinski definition) is 2. The van der Waals surface area contributed by atoms with E-state index >= 15 is 0 Å². The SMILES string of the molecule is C=C(/C=C\C=C1/CC(C)CC(CC)NC1C)OC(F)F. The molecule has 1 aliphatic heterocycles. The highest BCUT2D eigenvalue weighted by atomic mass is 19.3. The van der Waals surface area contributed by atoms with Crippen molar-refractivity contribution in [2.24, 2.45) is 5.92 Å². The van der Waals surface area contributed by atoms with Crippen LogP contribution in [0.15, 0.2) is 36.1 Å². The summed E-state index contributed by atoms with van der Waals surface area (Å²) in [7, 11) is 0. The zero-order valence-corrected chi connectivity index (χ0v) is 12.5. The Morgan fingerprint density at radius 2 is 2.20 bits per heavy atom. The molecule has 0 aromatic heterocycles. The topological polar surface area (TPSA) is 21.3 Å². The highest BCUT2D eigenvalue weighted by molar-refractivity contribution is 5.22. The van der Waals surface area contributed by atoms with Crippen molar-refractivity contribution in [1.29, 1.82) is 0 Å². The molecule has 1 aliphatic rings. The molecule has 0 bridgehead atoms. The van der Waals surface area contributed by atoms with Crippen molar-refractivity contribution in [3.63, 3.8) is 0 Å². The molecule has 3 atom stereocenters. The van der Waals surface area contributed by atoms with Gasteiger partial charge in [0, 0.05) is 12.1 Å². The minimum atomic E-state index is -2.82. The van der Waals surface area contributed by atoms with E-state index in [4.69, 9.17) is 0 Å². The summed E-state index contributed by atoms with van der Waals surface area (Å²) in [5.74, 6) is 0.600. The van der Waals surface area contributed by atoms with Crippen LogP contribution >= 0.6 is 0 Å². The summed E-state index contributed by atoms with van der Waals surface area (Å²) in [6.45, 7) is 7.19. The second-order valence-corrected chi connectivity index (χ2v) is 5.48. The fourth-order valence-electron chi connectivity index (χ4n) is 2.61. The highest BCUT2D eigenvalue weighted by Crippen LogP contribution is 2.25. The minimum Gasteiger partial charge on any atom is -0.435 e. The molecule has 1 heterocycles. The molecule has 0 aliphatic carbocycles. The average Bonchev–Trinajstić information content (AvgIpc) is 2.48. The summed E-state index contributed by atoms with van der Waals surface area (Å²) in [6, 6.07) is 0.853. The van der Waals surface area contributed by atoms with Crippen molar-refractivity contribution in [3.8, 4) is 0 Å². The fourth-order valence-corrected chi connectivity index (χ4v) is 2.61. The lowest BCUT2D eigenvalue weighted by molar-refractivity contribution is -0.0915. The third-order valence-electron chi connectivity index (χ3n) is 3.64. The van der Waals surface area contributed by atoms with Gasteiger partial charge in [0.2, 0.25) is 0 Å². The number of rotatable bonds is 5. The van der Waals surface area contributed by atoms with E-state index in [9.17, 15) is 8.78 Å². The Kier molecular flexibility index (Phi) is 6.93. The van der Waals surface area contributed by atoms with Crippen molar-refractivity contribution < 1.29 is 13.5 Å². The molecule has 0 saturated carbocycles. The number of ether oxygens (including phenoxy) is 1. The van der Waals surface area contributed by atoms with Crippen LogP contribution in [0.1, 0.15) is 40.0 Å². The maximum Gasteiger partial charge on any atom is 0.387 e. The lowest BCUT2D eigenvalue weighted by atomic mass is 9.94. The Morgan fingerprint density at radius 1 is 1.50 bits per heavy atom. The van der Waals surface area contributed by atoms with E-state index in [-0.39, 0.29) is 5.76 Å². The van der Waals surface area contributed by atoms with Gasteiger partial charge in [-0.25, -0.2) is 0 Å². The molecule has 0 aromatic carbocycles. The molecule has 0 spiro atoms. The Morgan fingerprint density at radius 3 is 2.80 bits per heavy atom. The van der Waals surface area contributed by atoms with E-state index in [0.717, 1.165) is 12.8 Å². The first-order chi connectivity index (χ1) is 9.42. The van der Waals surface area contributed by atoms with Gasteiger partial charge in [0.05, 0.1) is 0 Å². The fraction of sp³-hybridized carbons (Fsp3) is 0.625. The minimum absolute atomic E-state index is 0.0226. The zero-order chi connectivity index (χ0) is 15.1. The molecular weight excluding hydrogens is 260 g/mol. The molecule has 1 fully saturated rings. The molecule has 0 amide bonds. The summed E-state index contributed by atoms with van der Waals surface area (Å²) in [5, 5.41) is 3.60. The Bertz CT molecular complexity index is 377. The molecule has 1 rings (SSSR count). The maximum absolute atomic E-state index is 12.0. The quantitative estimate of drug-likeness (QED) is 0.597. The second kappa shape index (κ2) is 8.20. The molecule has 3 unspecified atom stereocenters. The zero-order valence-electron chi connectivity index (χ0n) is 12.5. The third kappa shape index (κ3) is 5.87. The van der Waals surface area contributed by atoms with E-state index in [2.05, 4.69) is 37.4 Å². The highest BCUT2D eigenvalue weighted by Gasteiger charge is 2.22. The van der Waals surface area contributed by atoms with Gasteiger partial charge in [-0.15, -0.1) is 0 Å². The standard InChI is InChI=1S/C16H25F2NO/c1-5-15-10-11(2)9-14(13(4)19-15)8-6-7-12(3)20-16(17)18/h6-8,11,13,15-16,19H,3,5,9-10H2,1-2,4H3/b7-6-,14-8+. The van der Waals surface area contributed by atoms with E-state index in [1.807, 2.05) is 6.08 Å². The molecule has 0 aromatic rings. The molecule has 0 radical (unpaired) electrons. The van der Waals surface area contributed by atoms with Gasteiger partial charge in [0.25, 0.3) is 0 Å². The van der Waals surface area contributed by atoms with Crippen molar-refractivity contribution in [2.45, 2.75) is 58.7 Å². The summed E-state index contributed by atoms with van der Waals surface area (Å²) in [6.07, 6.45) is 8.50. The van der Waals surface area contributed by atoms with Crippen LogP contribution in [0.4, 0.5) is 8.78 Å². The second-order valence-electron chi connectivity index (χ2n) is 5.48. The molecule has 4 heteroatoms. The van der Waals surface area contributed by atoms with Crippen molar-refractivity contribution in [1.82, 2.24) is 5.32 Å². The van der Waals surface area contributed by atoms with Crippen LogP contribution in [0, 0.1) is 5.92 Å². The molecule has 1 saturated heterocycles. The average molecular weight is 285 g/mol. The number of hydrogen-bond donors (Lipinski definition) is 1. The first kappa shape index (κ1) is 16.9. The number of alkyl halides is 2. The molecule has 2 nitrogen and oxygen atoms in total. The van der Waals surface area contributed by atoms with E-state index in [0.29, 0.717) is 18.0 Å². The maximum atomic E-state index is 12.0. The van der Waals surface area contributed by atoms with Crippen molar-refractivity contribution >= 4 is 0 Å². The van der Waals surface area contributed by atoms with Crippen LogP contribution in [0.3, 0.4) is 0 Å². The molecule has 114 valence electrons. The van der Waals surface area contributed by atoms with Gasteiger partial charge in [-0.05, 0) is 38.2 Å². The summed E-state index contributed by atoms with van der Waals surface area (Å²) in [4.78, 5) is 0. The van der Waals surface area contributed by atoms with Crippen LogP contribution in [-0.4, -0.2) is 18.7 Å². The Hall–Kier alpha value is -1.16. The summed E-state index contributed by atoms with van der Waals surface area (Å²) in [5.41, 5.74) is 1.29. The molecular formula is C16H25F2NO. The predicted octanol–water partition coefficient (Wildman–Crippen LogP) is 4.41. The van der Waals surface area contributed by atoms with E-state index in [1.165, 1.54) is 18.1 Å². The normalized spacial score (nSPS) is 29.9. The van der Waals surface area contributed by atoms with Crippen LogP contribution in [0.5, 0.6) is 0 Å². The van der Waals surface area contributed by atoms with Gasteiger partial charge < -0.3 is 10.1 Å². The van der Waals surface area contributed by atoms with Crippen molar-refractivity contribution in [3.05, 3.63) is 36.1 Å². The number of halogens is 2. The van der Waals surface area contributed by atoms with Crippen LogP contribution in [0.2, 0.25) is 0 Å². The van der Waals surface area contributed by atoms with Gasteiger partial charge in [0.15, 0.2) is 0 Å². The molecule has 20 heavy (non-hydrogen) atoms. The smallest absolute Gasteiger partial charge is 0.387 e. The van der Waals surface area contributed by atoms with Gasteiger partial charge in [-0.2, -0.15) is 8.78 Å². The van der Waals surface area contributed by atoms with Crippen LogP contribution in [0.25, 0.3) is 0 Å². The number of nitrogens with one attached hydrogen (secondary N) is 1. The van der Waals surface area contributed by atoms with Crippen LogP contribution < -0.4 is 5.32 Å². The lowest BCUT2D eigenvalue weighted by Crippen LogP contribution is -2.35. The Balaban J connectivity index is 2.66. The van der Waals surface area contributed by atoms with Gasteiger partial charge in [0.1, 0.15) is 5.76 Å². The molecule has 1 N–H and O–H groups in total.